The van der Waals surface area contributed by atoms with Gasteiger partial charge in [0.05, 0.1) is 17.2 Å². The molecule has 0 N–H and O–H groups in total. The summed E-state index contributed by atoms with van der Waals surface area (Å²) < 4.78 is 5.46. The highest BCUT2D eigenvalue weighted by molar-refractivity contribution is 7.09. The number of thiazole rings is 1. The van der Waals surface area contributed by atoms with Crippen LogP contribution in [0.3, 0.4) is 0 Å². The third-order valence-electron chi connectivity index (χ3n) is 5.10. The number of furan rings is 1. The third-order valence-corrected chi connectivity index (χ3v) is 5.92. The molecule has 132 valence electrons. The monoisotopic (exact) mass is 359 g/mol. The van der Waals surface area contributed by atoms with E-state index in [4.69, 9.17) is 4.42 Å². The van der Waals surface area contributed by atoms with Gasteiger partial charge in [-0.15, -0.1) is 11.3 Å². The van der Waals surface area contributed by atoms with Crippen LogP contribution in [0.15, 0.2) is 21.9 Å². The number of aromatic nitrogens is 1. The molecule has 2 fully saturated rings. The summed E-state index contributed by atoms with van der Waals surface area (Å²) in [5.41, 5.74) is 0.823. The largest absolute Gasteiger partial charge is 0.456 e. The van der Waals surface area contributed by atoms with Crippen molar-refractivity contribution in [2.45, 2.75) is 33.2 Å². The minimum absolute atomic E-state index is 0.0778. The van der Waals surface area contributed by atoms with Crippen LogP contribution in [-0.4, -0.2) is 46.2 Å². The minimum Gasteiger partial charge on any atom is -0.456 e. The maximum atomic E-state index is 12.6. The van der Waals surface area contributed by atoms with E-state index in [1.54, 1.807) is 23.5 Å². The van der Waals surface area contributed by atoms with Crippen LogP contribution in [0.25, 0.3) is 0 Å². The average Bonchev–Trinajstić information content (AvgIpc) is 3.31. The number of carbonyl (C=O) groups is 2. The summed E-state index contributed by atoms with van der Waals surface area (Å²) in [6.07, 6.45) is 1.37. The van der Waals surface area contributed by atoms with Crippen molar-refractivity contribution in [3.63, 3.8) is 0 Å². The molecule has 1 atom stereocenters. The van der Waals surface area contributed by atoms with Crippen molar-refractivity contribution in [2.75, 3.05) is 19.6 Å². The second kappa shape index (κ2) is 5.98. The molecule has 7 heteroatoms. The summed E-state index contributed by atoms with van der Waals surface area (Å²) in [5.74, 6) is 1.20. The Hall–Kier alpha value is -2.15. The highest BCUT2D eigenvalue weighted by Crippen LogP contribution is 2.41. The van der Waals surface area contributed by atoms with E-state index >= 15 is 0 Å². The molecule has 2 saturated heterocycles. The Labute approximate surface area is 150 Å². The first-order valence-electron chi connectivity index (χ1n) is 8.49. The van der Waals surface area contributed by atoms with Crippen LogP contribution in [-0.2, 0) is 11.3 Å². The molecule has 6 nitrogen and oxygen atoms in total. The van der Waals surface area contributed by atoms with Crippen molar-refractivity contribution >= 4 is 23.2 Å². The predicted octanol–water partition coefficient (Wildman–Crippen LogP) is 2.62. The van der Waals surface area contributed by atoms with E-state index in [2.05, 4.69) is 4.98 Å². The van der Waals surface area contributed by atoms with E-state index in [1.165, 1.54) is 0 Å². The molecule has 0 aromatic carbocycles. The van der Waals surface area contributed by atoms with Crippen molar-refractivity contribution in [3.05, 3.63) is 39.7 Å². The lowest BCUT2D eigenvalue weighted by atomic mass is 9.86. The Morgan fingerprint density at radius 1 is 1.36 bits per heavy atom. The average molecular weight is 359 g/mol. The van der Waals surface area contributed by atoms with Crippen LogP contribution < -0.4 is 0 Å². The lowest BCUT2D eigenvalue weighted by Gasteiger charge is -2.23. The number of nitrogens with zero attached hydrogens (tertiary/aromatic N) is 3. The topological polar surface area (TPSA) is 66.7 Å². The first-order chi connectivity index (χ1) is 11.9. The van der Waals surface area contributed by atoms with E-state index in [0.29, 0.717) is 38.4 Å². The molecule has 0 radical (unpaired) electrons. The van der Waals surface area contributed by atoms with E-state index in [1.807, 2.05) is 29.0 Å². The number of hydrogen-bond donors (Lipinski definition) is 0. The number of hydrogen-bond acceptors (Lipinski definition) is 5. The van der Waals surface area contributed by atoms with Crippen molar-refractivity contribution in [3.8, 4) is 0 Å². The van der Waals surface area contributed by atoms with Crippen LogP contribution in [0.4, 0.5) is 0 Å². The molecule has 1 spiro atoms. The molecule has 4 heterocycles. The molecule has 2 amide bonds. The van der Waals surface area contributed by atoms with Gasteiger partial charge in [0, 0.05) is 36.9 Å². The van der Waals surface area contributed by atoms with Crippen LogP contribution >= 0.6 is 11.3 Å². The molecule has 1 unspecified atom stereocenters. The SMILES string of the molecule is Cc1ccc(C(=O)N2CCC3(CC(=O)N(Cc4csc(C)n4)C3)C2)o1. The fraction of sp³-hybridized carbons (Fsp3) is 0.500. The lowest BCUT2D eigenvalue weighted by molar-refractivity contribution is -0.128. The second-order valence-electron chi connectivity index (χ2n) is 7.17. The predicted molar refractivity (Wildman–Crippen MR) is 93.3 cm³/mol. The Balaban J connectivity index is 1.43. The highest BCUT2D eigenvalue weighted by atomic mass is 32.1. The maximum Gasteiger partial charge on any atom is 0.289 e. The highest BCUT2D eigenvalue weighted by Gasteiger charge is 2.48. The standard InChI is InChI=1S/C18H21N3O3S/c1-12-3-4-15(24-12)17(23)20-6-5-18(10-20)7-16(22)21(11-18)8-14-9-25-13(2)19-14/h3-4,9H,5-8,10-11H2,1-2H3. The molecule has 25 heavy (non-hydrogen) atoms. The molecule has 0 saturated carbocycles. The van der Waals surface area contributed by atoms with E-state index in [9.17, 15) is 9.59 Å². The van der Waals surface area contributed by atoms with Gasteiger partial charge >= 0.3 is 0 Å². The van der Waals surface area contributed by atoms with Crippen molar-refractivity contribution in [1.82, 2.24) is 14.8 Å². The normalized spacial score (nSPS) is 23.2. The third kappa shape index (κ3) is 3.08. The van der Waals surface area contributed by atoms with Gasteiger partial charge in [-0.25, -0.2) is 4.98 Å². The lowest BCUT2D eigenvalue weighted by Crippen LogP contribution is -2.34. The van der Waals surface area contributed by atoms with Gasteiger partial charge in [-0.3, -0.25) is 9.59 Å². The molecular formula is C18H21N3O3S. The fourth-order valence-corrected chi connectivity index (χ4v) is 4.49. The van der Waals surface area contributed by atoms with Gasteiger partial charge in [0.15, 0.2) is 5.76 Å². The van der Waals surface area contributed by atoms with Gasteiger partial charge in [0.25, 0.3) is 5.91 Å². The summed E-state index contributed by atoms with van der Waals surface area (Å²) in [6.45, 7) is 6.35. The second-order valence-corrected chi connectivity index (χ2v) is 8.23. The van der Waals surface area contributed by atoms with E-state index in [-0.39, 0.29) is 17.2 Å². The van der Waals surface area contributed by atoms with E-state index < -0.39 is 0 Å². The molecule has 2 aliphatic rings. The molecule has 0 bridgehead atoms. The van der Waals surface area contributed by atoms with Crippen molar-refractivity contribution in [2.24, 2.45) is 5.41 Å². The zero-order chi connectivity index (χ0) is 17.6. The van der Waals surface area contributed by atoms with Gasteiger partial charge in [0.1, 0.15) is 5.76 Å². The molecule has 0 aliphatic carbocycles. The van der Waals surface area contributed by atoms with Crippen LogP contribution in [0.2, 0.25) is 0 Å². The zero-order valence-corrected chi connectivity index (χ0v) is 15.3. The van der Waals surface area contributed by atoms with Crippen molar-refractivity contribution < 1.29 is 14.0 Å². The zero-order valence-electron chi connectivity index (χ0n) is 14.4. The Kier molecular flexibility index (Phi) is 3.91. The number of rotatable bonds is 3. The van der Waals surface area contributed by atoms with Crippen molar-refractivity contribution in [1.29, 1.82) is 0 Å². The summed E-state index contributed by atoms with van der Waals surface area (Å²) in [5, 5.41) is 3.03. The summed E-state index contributed by atoms with van der Waals surface area (Å²) in [4.78, 5) is 33.2. The number of likely N-dealkylation sites (tertiary alicyclic amines) is 2. The van der Waals surface area contributed by atoms with E-state index in [0.717, 1.165) is 22.9 Å². The van der Waals surface area contributed by atoms with Gasteiger partial charge in [-0.05, 0) is 32.4 Å². The summed E-state index contributed by atoms with van der Waals surface area (Å²) in [7, 11) is 0. The Morgan fingerprint density at radius 3 is 2.88 bits per heavy atom. The van der Waals surface area contributed by atoms with Gasteiger partial charge in [0.2, 0.25) is 5.91 Å². The molecular weight excluding hydrogens is 338 g/mol. The number of carbonyl (C=O) groups excluding carboxylic acids is 2. The van der Waals surface area contributed by atoms with Crippen LogP contribution in [0, 0.1) is 19.3 Å². The summed E-state index contributed by atoms with van der Waals surface area (Å²) >= 11 is 1.60. The Morgan fingerprint density at radius 2 is 2.20 bits per heavy atom. The van der Waals surface area contributed by atoms with Gasteiger partial charge in [-0.1, -0.05) is 0 Å². The first kappa shape index (κ1) is 16.3. The maximum absolute atomic E-state index is 12.6. The van der Waals surface area contributed by atoms with Gasteiger partial charge in [-0.2, -0.15) is 0 Å². The quantitative estimate of drug-likeness (QED) is 0.845. The van der Waals surface area contributed by atoms with Gasteiger partial charge < -0.3 is 14.2 Å². The fourth-order valence-electron chi connectivity index (χ4n) is 3.89. The Bertz CT molecular complexity index is 827. The number of amides is 2. The smallest absolute Gasteiger partial charge is 0.289 e. The van der Waals surface area contributed by atoms with Crippen LogP contribution in [0.5, 0.6) is 0 Å². The molecule has 2 aliphatic heterocycles. The molecule has 2 aromatic heterocycles. The first-order valence-corrected chi connectivity index (χ1v) is 9.37. The number of aryl methyl sites for hydroxylation is 2. The van der Waals surface area contributed by atoms with Crippen LogP contribution in [0.1, 0.15) is 39.9 Å². The molecule has 4 rings (SSSR count). The minimum atomic E-state index is -0.126. The molecule has 2 aromatic rings. The summed E-state index contributed by atoms with van der Waals surface area (Å²) in [6, 6.07) is 3.52.